The zero-order valence-electron chi connectivity index (χ0n) is 11.8. The summed E-state index contributed by atoms with van der Waals surface area (Å²) in [6.07, 6.45) is 0. The summed E-state index contributed by atoms with van der Waals surface area (Å²) in [6, 6.07) is 7.30. The lowest BCUT2D eigenvalue weighted by atomic mass is 10.1. The first-order valence-corrected chi connectivity index (χ1v) is 6.60. The average Bonchev–Trinajstić information content (AvgIpc) is 2.55. The quantitative estimate of drug-likeness (QED) is 0.557. The summed E-state index contributed by atoms with van der Waals surface area (Å²) in [5, 5.41) is 12.1. The lowest BCUT2D eigenvalue weighted by Gasteiger charge is -2.09. The molecule has 0 aliphatic rings. The Morgan fingerprint density at radius 1 is 1.04 bits per heavy atom. The Morgan fingerprint density at radius 2 is 1.75 bits per heavy atom. The minimum absolute atomic E-state index is 0.0514. The third-order valence-corrected chi connectivity index (χ3v) is 3.30. The standard InChI is InChI=1S/C16H8F3NO4/c17-8-5-6-9(13(19)12(8)18)20-15(22)11-14(21)7-3-1-2-4-10(7)24-16(11)23/h1-6,21H,(H,20,22). The van der Waals surface area contributed by atoms with E-state index in [1.807, 2.05) is 5.32 Å². The number of amides is 1. The van der Waals surface area contributed by atoms with Crippen molar-refractivity contribution < 1.29 is 27.5 Å². The normalized spacial score (nSPS) is 10.8. The fourth-order valence-corrected chi connectivity index (χ4v) is 2.14. The first-order chi connectivity index (χ1) is 11.4. The molecule has 8 heteroatoms. The zero-order valence-corrected chi connectivity index (χ0v) is 11.8. The van der Waals surface area contributed by atoms with Crippen LogP contribution in [0.25, 0.3) is 11.0 Å². The molecule has 2 aromatic carbocycles. The van der Waals surface area contributed by atoms with E-state index in [0.717, 1.165) is 6.07 Å². The highest BCUT2D eigenvalue weighted by molar-refractivity contribution is 6.08. The number of benzene rings is 2. The van der Waals surface area contributed by atoms with Gasteiger partial charge in [-0.2, -0.15) is 0 Å². The number of halogens is 3. The number of rotatable bonds is 2. The number of anilines is 1. The predicted molar refractivity (Wildman–Crippen MR) is 78.4 cm³/mol. The van der Waals surface area contributed by atoms with E-state index >= 15 is 0 Å². The second-order valence-corrected chi connectivity index (χ2v) is 4.79. The molecule has 122 valence electrons. The van der Waals surface area contributed by atoms with E-state index in [1.54, 1.807) is 12.1 Å². The van der Waals surface area contributed by atoms with Crippen LogP contribution in [-0.4, -0.2) is 11.0 Å². The van der Waals surface area contributed by atoms with E-state index in [-0.39, 0.29) is 11.0 Å². The van der Waals surface area contributed by atoms with Crippen LogP contribution < -0.4 is 10.9 Å². The molecule has 1 heterocycles. The van der Waals surface area contributed by atoms with Crippen molar-refractivity contribution in [2.75, 3.05) is 5.32 Å². The molecule has 0 fully saturated rings. The van der Waals surface area contributed by atoms with Gasteiger partial charge in [-0.25, -0.2) is 18.0 Å². The minimum Gasteiger partial charge on any atom is -0.506 e. The van der Waals surface area contributed by atoms with Crippen molar-refractivity contribution in [3.63, 3.8) is 0 Å². The van der Waals surface area contributed by atoms with E-state index in [4.69, 9.17) is 4.42 Å². The Kier molecular flexibility index (Phi) is 3.72. The second kappa shape index (κ2) is 5.73. The number of nitrogens with one attached hydrogen (secondary N) is 1. The van der Waals surface area contributed by atoms with E-state index in [0.29, 0.717) is 6.07 Å². The van der Waals surface area contributed by atoms with Crippen LogP contribution in [-0.2, 0) is 0 Å². The van der Waals surface area contributed by atoms with Crippen LogP contribution in [0.2, 0.25) is 0 Å². The maximum Gasteiger partial charge on any atom is 0.353 e. The summed E-state index contributed by atoms with van der Waals surface area (Å²) in [7, 11) is 0. The van der Waals surface area contributed by atoms with Gasteiger partial charge in [0, 0.05) is 0 Å². The SMILES string of the molecule is O=C(Nc1ccc(F)c(F)c1F)c1c(O)c2ccccc2oc1=O. The summed E-state index contributed by atoms with van der Waals surface area (Å²) >= 11 is 0. The fourth-order valence-electron chi connectivity index (χ4n) is 2.14. The van der Waals surface area contributed by atoms with Gasteiger partial charge in [-0.15, -0.1) is 0 Å². The lowest BCUT2D eigenvalue weighted by Crippen LogP contribution is -2.22. The molecule has 1 aromatic heterocycles. The summed E-state index contributed by atoms with van der Waals surface area (Å²) < 4.78 is 44.6. The number of carbonyl (C=O) groups is 1. The van der Waals surface area contributed by atoms with Crippen molar-refractivity contribution in [1.82, 2.24) is 0 Å². The highest BCUT2D eigenvalue weighted by Crippen LogP contribution is 2.27. The monoisotopic (exact) mass is 335 g/mol. The molecule has 0 saturated heterocycles. The maximum absolute atomic E-state index is 13.6. The van der Waals surface area contributed by atoms with E-state index in [1.165, 1.54) is 12.1 Å². The molecule has 0 aliphatic carbocycles. The van der Waals surface area contributed by atoms with Gasteiger partial charge in [-0.05, 0) is 24.3 Å². The summed E-state index contributed by atoms with van der Waals surface area (Å²) in [6.45, 7) is 0. The summed E-state index contributed by atoms with van der Waals surface area (Å²) in [5.41, 5.74) is -2.58. The molecule has 3 rings (SSSR count). The smallest absolute Gasteiger partial charge is 0.353 e. The van der Waals surface area contributed by atoms with Gasteiger partial charge in [-0.1, -0.05) is 12.1 Å². The van der Waals surface area contributed by atoms with Gasteiger partial charge >= 0.3 is 5.63 Å². The van der Waals surface area contributed by atoms with Crippen molar-refractivity contribution in [1.29, 1.82) is 0 Å². The average molecular weight is 335 g/mol. The van der Waals surface area contributed by atoms with Crippen LogP contribution >= 0.6 is 0 Å². The first-order valence-electron chi connectivity index (χ1n) is 6.60. The minimum atomic E-state index is -1.78. The van der Waals surface area contributed by atoms with Crippen molar-refractivity contribution in [3.05, 3.63) is 69.8 Å². The molecular weight excluding hydrogens is 327 g/mol. The second-order valence-electron chi connectivity index (χ2n) is 4.79. The Labute approximate surface area is 132 Å². The number of carbonyl (C=O) groups excluding carboxylic acids is 1. The van der Waals surface area contributed by atoms with Gasteiger partial charge in [0.2, 0.25) is 0 Å². The molecule has 24 heavy (non-hydrogen) atoms. The number of para-hydroxylation sites is 1. The molecule has 5 nitrogen and oxygen atoms in total. The van der Waals surface area contributed by atoms with Crippen LogP contribution in [0, 0.1) is 17.5 Å². The van der Waals surface area contributed by atoms with Gasteiger partial charge in [0.25, 0.3) is 5.91 Å². The zero-order chi connectivity index (χ0) is 17.4. The summed E-state index contributed by atoms with van der Waals surface area (Å²) in [5.74, 6) is -6.73. The highest BCUT2D eigenvalue weighted by atomic mass is 19.2. The molecule has 0 saturated carbocycles. The molecule has 2 N–H and O–H groups in total. The van der Waals surface area contributed by atoms with Crippen molar-refractivity contribution in [2.45, 2.75) is 0 Å². The Hall–Kier alpha value is -3.29. The van der Waals surface area contributed by atoms with Crippen LogP contribution in [0.4, 0.5) is 18.9 Å². The third kappa shape index (κ3) is 2.47. The predicted octanol–water partition coefficient (Wildman–Crippen LogP) is 3.17. The molecular formula is C16H8F3NO4. The van der Waals surface area contributed by atoms with E-state index in [2.05, 4.69) is 0 Å². The lowest BCUT2D eigenvalue weighted by molar-refractivity contribution is 0.102. The molecule has 0 radical (unpaired) electrons. The Bertz CT molecular complexity index is 1030. The van der Waals surface area contributed by atoms with Crippen molar-refractivity contribution in [3.8, 4) is 5.75 Å². The summed E-state index contributed by atoms with van der Waals surface area (Å²) in [4.78, 5) is 24.0. The number of aromatic hydroxyl groups is 1. The van der Waals surface area contributed by atoms with Gasteiger partial charge in [0.05, 0.1) is 11.1 Å². The molecule has 1 amide bonds. The maximum atomic E-state index is 13.6. The molecule has 0 unspecified atom stereocenters. The molecule has 0 bridgehead atoms. The largest absolute Gasteiger partial charge is 0.506 e. The van der Waals surface area contributed by atoms with Crippen LogP contribution in [0.3, 0.4) is 0 Å². The van der Waals surface area contributed by atoms with Gasteiger partial charge in [0.15, 0.2) is 23.0 Å². The number of fused-ring (bicyclic) bond motifs is 1. The van der Waals surface area contributed by atoms with Gasteiger partial charge in [0.1, 0.15) is 11.3 Å². The molecule has 3 aromatic rings. The van der Waals surface area contributed by atoms with Crippen molar-refractivity contribution >= 4 is 22.6 Å². The Balaban J connectivity index is 2.07. The van der Waals surface area contributed by atoms with E-state index in [9.17, 15) is 27.9 Å². The molecule has 0 aliphatic heterocycles. The molecule has 0 atom stereocenters. The van der Waals surface area contributed by atoms with E-state index < -0.39 is 46.0 Å². The topological polar surface area (TPSA) is 79.5 Å². The Morgan fingerprint density at radius 3 is 2.50 bits per heavy atom. The fraction of sp³-hybridized carbons (Fsp3) is 0. The molecule has 0 spiro atoms. The highest BCUT2D eigenvalue weighted by Gasteiger charge is 2.23. The number of hydrogen-bond donors (Lipinski definition) is 2. The van der Waals surface area contributed by atoms with Gasteiger partial charge < -0.3 is 14.8 Å². The van der Waals surface area contributed by atoms with Crippen molar-refractivity contribution in [2.24, 2.45) is 0 Å². The van der Waals surface area contributed by atoms with Crippen LogP contribution in [0.1, 0.15) is 10.4 Å². The van der Waals surface area contributed by atoms with Crippen LogP contribution in [0.5, 0.6) is 5.75 Å². The van der Waals surface area contributed by atoms with Gasteiger partial charge in [-0.3, -0.25) is 4.79 Å². The third-order valence-electron chi connectivity index (χ3n) is 3.30. The first kappa shape index (κ1) is 15.6. The van der Waals surface area contributed by atoms with Crippen LogP contribution in [0.15, 0.2) is 45.6 Å². The number of hydrogen-bond acceptors (Lipinski definition) is 4.